The minimum Gasteiger partial charge on any atom is -0.464 e. The molecule has 2 heterocycles. The van der Waals surface area contributed by atoms with Gasteiger partial charge in [-0.15, -0.1) is 0 Å². The van der Waals surface area contributed by atoms with E-state index in [1.165, 1.54) is 0 Å². The zero-order chi connectivity index (χ0) is 21.8. The van der Waals surface area contributed by atoms with Gasteiger partial charge in [0.2, 0.25) is 0 Å². The standard InChI is InChI=1S/2C12H14O3/c2*1-3-14-11(13)10-12(2,15-10)9-7-5-4-6-8-9/h2*4-8,10H,3H2,1-2H3. The van der Waals surface area contributed by atoms with E-state index in [0.29, 0.717) is 13.2 Å². The molecule has 4 unspecified atom stereocenters. The van der Waals surface area contributed by atoms with Crippen molar-refractivity contribution < 1.29 is 28.5 Å². The van der Waals surface area contributed by atoms with E-state index in [1.807, 2.05) is 74.5 Å². The average molecular weight is 412 g/mol. The summed E-state index contributed by atoms with van der Waals surface area (Å²) in [4.78, 5) is 22.9. The van der Waals surface area contributed by atoms with Gasteiger partial charge in [0.15, 0.2) is 12.2 Å². The van der Waals surface area contributed by atoms with Crippen molar-refractivity contribution in [1.29, 1.82) is 0 Å². The molecule has 2 fully saturated rings. The Labute approximate surface area is 177 Å². The van der Waals surface area contributed by atoms with Gasteiger partial charge in [0.25, 0.3) is 0 Å². The molecule has 6 nitrogen and oxygen atoms in total. The Morgan fingerprint density at radius 2 is 1.07 bits per heavy atom. The van der Waals surface area contributed by atoms with Crippen molar-refractivity contribution in [1.82, 2.24) is 0 Å². The van der Waals surface area contributed by atoms with Crippen LogP contribution in [0, 0.1) is 0 Å². The highest BCUT2D eigenvalue weighted by molar-refractivity contribution is 5.80. The lowest BCUT2D eigenvalue weighted by atomic mass is 9.97. The summed E-state index contributed by atoms with van der Waals surface area (Å²) in [5, 5.41) is 0. The Morgan fingerprint density at radius 3 is 1.37 bits per heavy atom. The van der Waals surface area contributed by atoms with Crippen LogP contribution >= 0.6 is 0 Å². The first-order chi connectivity index (χ1) is 14.4. The Morgan fingerprint density at radius 1 is 0.733 bits per heavy atom. The Bertz CT molecular complexity index is 794. The molecule has 0 aromatic heterocycles. The van der Waals surface area contributed by atoms with Gasteiger partial charge in [0.05, 0.1) is 13.2 Å². The molecule has 2 aromatic carbocycles. The van der Waals surface area contributed by atoms with E-state index < -0.39 is 23.4 Å². The molecule has 0 radical (unpaired) electrons. The molecule has 0 bridgehead atoms. The molecule has 6 heteroatoms. The summed E-state index contributed by atoms with van der Waals surface area (Å²) in [6, 6.07) is 19.4. The van der Waals surface area contributed by atoms with Crippen molar-refractivity contribution in [2.24, 2.45) is 0 Å². The maximum Gasteiger partial charge on any atom is 0.338 e. The number of rotatable bonds is 6. The quantitative estimate of drug-likeness (QED) is 0.531. The van der Waals surface area contributed by atoms with Gasteiger partial charge in [-0.25, -0.2) is 9.59 Å². The molecule has 0 amide bonds. The van der Waals surface area contributed by atoms with E-state index in [4.69, 9.17) is 18.9 Å². The molecule has 2 aliphatic heterocycles. The SMILES string of the molecule is CCOC(=O)C1OC1(C)c1ccccc1.CCOC(=O)C1OC1(C)c1ccccc1. The van der Waals surface area contributed by atoms with Crippen molar-refractivity contribution in [3.63, 3.8) is 0 Å². The largest absolute Gasteiger partial charge is 0.464 e. The minimum absolute atomic E-state index is 0.274. The second-order valence-electron chi connectivity index (χ2n) is 7.45. The van der Waals surface area contributed by atoms with Crippen LogP contribution in [0.3, 0.4) is 0 Å². The van der Waals surface area contributed by atoms with Crippen LogP contribution in [0.25, 0.3) is 0 Å². The van der Waals surface area contributed by atoms with Crippen LogP contribution in [0.5, 0.6) is 0 Å². The van der Waals surface area contributed by atoms with Crippen molar-refractivity contribution in [3.8, 4) is 0 Å². The maximum absolute atomic E-state index is 11.4. The second kappa shape index (κ2) is 8.98. The molecular weight excluding hydrogens is 384 g/mol. The van der Waals surface area contributed by atoms with Gasteiger partial charge in [0, 0.05) is 0 Å². The van der Waals surface area contributed by atoms with Gasteiger partial charge in [-0.05, 0) is 38.8 Å². The molecule has 0 aliphatic carbocycles. The molecule has 4 atom stereocenters. The normalized spacial score (nSPS) is 28.5. The zero-order valence-electron chi connectivity index (χ0n) is 17.8. The van der Waals surface area contributed by atoms with E-state index >= 15 is 0 Å². The molecule has 0 N–H and O–H groups in total. The van der Waals surface area contributed by atoms with E-state index in [-0.39, 0.29) is 11.9 Å². The van der Waals surface area contributed by atoms with E-state index in [0.717, 1.165) is 11.1 Å². The Hall–Kier alpha value is -2.70. The van der Waals surface area contributed by atoms with Gasteiger partial charge in [-0.2, -0.15) is 0 Å². The Balaban J connectivity index is 0.000000171. The number of hydrogen-bond donors (Lipinski definition) is 0. The van der Waals surface area contributed by atoms with Gasteiger partial charge in [-0.1, -0.05) is 60.7 Å². The Kier molecular flexibility index (Phi) is 6.58. The van der Waals surface area contributed by atoms with Crippen LogP contribution in [0.4, 0.5) is 0 Å². The zero-order valence-corrected chi connectivity index (χ0v) is 17.8. The number of benzene rings is 2. The summed E-state index contributed by atoms with van der Waals surface area (Å²) >= 11 is 0. The fourth-order valence-electron chi connectivity index (χ4n) is 3.38. The molecule has 2 aromatic rings. The molecule has 4 rings (SSSR count). The number of epoxide rings is 2. The van der Waals surface area contributed by atoms with E-state index in [9.17, 15) is 9.59 Å². The lowest BCUT2D eigenvalue weighted by Crippen LogP contribution is -2.18. The summed E-state index contributed by atoms with van der Waals surface area (Å²) in [5.74, 6) is -0.548. The molecule has 0 saturated carbocycles. The predicted octanol–water partition coefficient (Wildman–Crippen LogP) is 3.73. The van der Waals surface area contributed by atoms with Crippen molar-refractivity contribution in [2.45, 2.75) is 51.1 Å². The number of hydrogen-bond acceptors (Lipinski definition) is 6. The fourth-order valence-corrected chi connectivity index (χ4v) is 3.38. The smallest absolute Gasteiger partial charge is 0.338 e. The monoisotopic (exact) mass is 412 g/mol. The summed E-state index contributed by atoms with van der Waals surface area (Å²) < 4.78 is 20.7. The maximum atomic E-state index is 11.4. The first-order valence-electron chi connectivity index (χ1n) is 10.2. The number of carbonyl (C=O) groups excluding carboxylic acids is 2. The molecule has 30 heavy (non-hydrogen) atoms. The summed E-state index contributed by atoms with van der Waals surface area (Å²) in [6.07, 6.45) is -0.889. The van der Waals surface area contributed by atoms with E-state index in [2.05, 4.69) is 0 Å². The number of esters is 2. The first kappa shape index (κ1) is 22.0. The van der Waals surface area contributed by atoms with Gasteiger partial charge in [-0.3, -0.25) is 0 Å². The molecule has 0 spiro atoms. The van der Waals surface area contributed by atoms with Crippen LogP contribution in [0.2, 0.25) is 0 Å². The van der Waals surface area contributed by atoms with E-state index in [1.54, 1.807) is 13.8 Å². The number of ether oxygens (including phenoxy) is 4. The lowest BCUT2D eigenvalue weighted by Gasteiger charge is -2.05. The van der Waals surface area contributed by atoms with Gasteiger partial charge in [0.1, 0.15) is 11.2 Å². The van der Waals surface area contributed by atoms with Crippen LogP contribution < -0.4 is 0 Å². The van der Waals surface area contributed by atoms with Crippen molar-refractivity contribution >= 4 is 11.9 Å². The lowest BCUT2D eigenvalue weighted by molar-refractivity contribution is -0.145. The highest BCUT2D eigenvalue weighted by atomic mass is 16.7. The summed E-state index contributed by atoms with van der Waals surface area (Å²) in [5.41, 5.74) is 1.05. The molecule has 2 saturated heterocycles. The number of carbonyl (C=O) groups is 2. The van der Waals surface area contributed by atoms with Crippen molar-refractivity contribution in [2.75, 3.05) is 13.2 Å². The highest BCUT2D eigenvalue weighted by Crippen LogP contribution is 2.47. The van der Waals surface area contributed by atoms with Gasteiger partial charge < -0.3 is 18.9 Å². The predicted molar refractivity (Wildman–Crippen MR) is 111 cm³/mol. The van der Waals surface area contributed by atoms with Crippen LogP contribution in [0.1, 0.15) is 38.8 Å². The third-order valence-electron chi connectivity index (χ3n) is 5.31. The van der Waals surface area contributed by atoms with Gasteiger partial charge >= 0.3 is 11.9 Å². The van der Waals surface area contributed by atoms with Crippen LogP contribution in [-0.4, -0.2) is 37.4 Å². The van der Waals surface area contributed by atoms with Crippen LogP contribution in [0.15, 0.2) is 60.7 Å². The molecule has 160 valence electrons. The highest BCUT2D eigenvalue weighted by Gasteiger charge is 2.59. The molecular formula is C24H28O6. The third-order valence-corrected chi connectivity index (χ3v) is 5.31. The third kappa shape index (κ3) is 4.55. The summed E-state index contributed by atoms with van der Waals surface area (Å²) in [6.45, 7) is 8.18. The van der Waals surface area contributed by atoms with Crippen LogP contribution in [-0.2, 0) is 39.7 Å². The second-order valence-corrected chi connectivity index (χ2v) is 7.45. The van der Waals surface area contributed by atoms with Crippen molar-refractivity contribution in [3.05, 3.63) is 71.8 Å². The minimum atomic E-state index is -0.493. The topological polar surface area (TPSA) is 77.7 Å². The fraction of sp³-hybridized carbons (Fsp3) is 0.417. The first-order valence-corrected chi connectivity index (χ1v) is 10.2. The molecule has 2 aliphatic rings. The summed E-state index contributed by atoms with van der Waals surface area (Å²) in [7, 11) is 0. The average Bonchev–Trinajstić information content (AvgIpc) is 3.66.